The first-order chi connectivity index (χ1) is 9.31. The monoisotopic (exact) mass is 279 g/mol. The number of aliphatic hydroxyl groups is 1. The largest absolute Gasteiger partial charge is 0.395 e. The number of aliphatic hydroxyl groups excluding tert-OH is 1. The average molecular weight is 279 g/mol. The average Bonchev–Trinajstić information content (AvgIpc) is 3.07. The number of hydrogen-bond donors (Lipinski definition) is 2. The Bertz CT molecular complexity index is 480. The van der Waals surface area contributed by atoms with Crippen molar-refractivity contribution in [3.63, 3.8) is 0 Å². The van der Waals surface area contributed by atoms with Crippen molar-refractivity contribution in [1.29, 1.82) is 0 Å². The van der Waals surface area contributed by atoms with Crippen molar-refractivity contribution in [2.75, 3.05) is 26.4 Å². The predicted octanol–water partition coefficient (Wildman–Crippen LogP) is 1.25. The van der Waals surface area contributed by atoms with Crippen LogP contribution in [0.15, 0.2) is 11.4 Å². The number of amides is 1. The lowest BCUT2D eigenvalue weighted by atomic mass is 10.1. The fourth-order valence-electron chi connectivity index (χ4n) is 1.86. The lowest BCUT2D eigenvalue weighted by Crippen LogP contribution is -2.29. The van der Waals surface area contributed by atoms with Crippen molar-refractivity contribution < 1.29 is 14.6 Å². The van der Waals surface area contributed by atoms with Crippen LogP contribution < -0.4 is 5.32 Å². The third-order valence-corrected chi connectivity index (χ3v) is 3.82. The first-order valence-electron chi connectivity index (χ1n) is 6.34. The van der Waals surface area contributed by atoms with E-state index in [4.69, 9.17) is 9.84 Å². The van der Waals surface area contributed by atoms with Gasteiger partial charge in [0.15, 0.2) is 0 Å². The Kier molecular flexibility index (Phi) is 5.40. The number of carbonyl (C=O) groups excluding carboxylic acids is 1. The highest BCUT2D eigenvalue weighted by atomic mass is 32.1. The van der Waals surface area contributed by atoms with Gasteiger partial charge in [-0.05, 0) is 17.9 Å². The number of hydrogen-bond acceptors (Lipinski definition) is 4. The maximum Gasteiger partial charge on any atom is 0.262 e. The molecule has 0 aromatic carbocycles. The Labute approximate surface area is 116 Å². The van der Waals surface area contributed by atoms with Gasteiger partial charge in [0, 0.05) is 31.1 Å². The van der Waals surface area contributed by atoms with E-state index in [1.807, 2.05) is 11.4 Å². The smallest absolute Gasteiger partial charge is 0.262 e. The van der Waals surface area contributed by atoms with E-state index >= 15 is 0 Å². The molecule has 2 N–H and O–H groups in total. The molecule has 0 aliphatic carbocycles. The van der Waals surface area contributed by atoms with Crippen LogP contribution in [0.4, 0.5) is 0 Å². The van der Waals surface area contributed by atoms with Crippen LogP contribution in [0.5, 0.6) is 0 Å². The Morgan fingerprint density at radius 3 is 3.26 bits per heavy atom. The summed E-state index contributed by atoms with van der Waals surface area (Å²) in [5.41, 5.74) is 0.735. The first-order valence-corrected chi connectivity index (χ1v) is 7.22. The maximum atomic E-state index is 12.1. The van der Waals surface area contributed by atoms with Gasteiger partial charge in [0.1, 0.15) is 4.88 Å². The van der Waals surface area contributed by atoms with Gasteiger partial charge in [0.25, 0.3) is 5.91 Å². The van der Waals surface area contributed by atoms with E-state index in [2.05, 4.69) is 17.2 Å². The molecule has 1 unspecified atom stereocenters. The fourth-order valence-corrected chi connectivity index (χ4v) is 2.62. The second kappa shape index (κ2) is 7.29. The minimum Gasteiger partial charge on any atom is -0.395 e. The van der Waals surface area contributed by atoms with E-state index < -0.39 is 0 Å². The molecule has 0 saturated carbocycles. The molecular formula is C14H17NO3S. The number of rotatable bonds is 4. The molecule has 19 heavy (non-hydrogen) atoms. The van der Waals surface area contributed by atoms with E-state index in [0.29, 0.717) is 23.8 Å². The lowest BCUT2D eigenvalue weighted by Gasteiger charge is -2.08. The van der Waals surface area contributed by atoms with Crippen molar-refractivity contribution in [3.8, 4) is 11.8 Å². The minimum absolute atomic E-state index is 0.0420. The first kappa shape index (κ1) is 14.1. The van der Waals surface area contributed by atoms with E-state index in [1.165, 1.54) is 11.3 Å². The summed E-state index contributed by atoms with van der Waals surface area (Å²) in [6.07, 6.45) is 1.43. The Balaban J connectivity index is 1.91. The van der Waals surface area contributed by atoms with Crippen LogP contribution >= 0.6 is 11.3 Å². The van der Waals surface area contributed by atoms with Crippen molar-refractivity contribution in [2.45, 2.75) is 12.8 Å². The molecule has 1 aromatic heterocycles. The van der Waals surface area contributed by atoms with E-state index in [0.717, 1.165) is 25.2 Å². The SMILES string of the molecule is O=C(NCC1CCOC1)c1sccc1C#CCCO. The van der Waals surface area contributed by atoms with Crippen LogP contribution in [0.3, 0.4) is 0 Å². The molecule has 1 saturated heterocycles. The highest BCUT2D eigenvalue weighted by molar-refractivity contribution is 7.12. The molecule has 1 aromatic rings. The Hall–Kier alpha value is -1.35. The molecule has 2 rings (SSSR count). The molecule has 1 amide bonds. The highest BCUT2D eigenvalue weighted by Crippen LogP contribution is 2.16. The van der Waals surface area contributed by atoms with Crippen LogP contribution in [-0.4, -0.2) is 37.4 Å². The Morgan fingerprint density at radius 2 is 2.53 bits per heavy atom. The van der Waals surface area contributed by atoms with Gasteiger partial charge in [0.2, 0.25) is 0 Å². The molecule has 2 heterocycles. The minimum atomic E-state index is -0.0739. The van der Waals surface area contributed by atoms with Gasteiger partial charge in [0.05, 0.1) is 13.2 Å². The summed E-state index contributed by atoms with van der Waals surface area (Å²) in [5, 5.41) is 13.5. The molecule has 4 nitrogen and oxygen atoms in total. The van der Waals surface area contributed by atoms with E-state index in [1.54, 1.807) is 0 Å². The van der Waals surface area contributed by atoms with E-state index in [9.17, 15) is 4.79 Å². The molecular weight excluding hydrogens is 262 g/mol. The molecule has 1 aliphatic heterocycles. The van der Waals surface area contributed by atoms with Crippen molar-refractivity contribution in [1.82, 2.24) is 5.32 Å². The van der Waals surface area contributed by atoms with Crippen molar-refractivity contribution >= 4 is 17.2 Å². The van der Waals surface area contributed by atoms with Crippen molar-refractivity contribution in [2.24, 2.45) is 5.92 Å². The second-order valence-corrected chi connectivity index (χ2v) is 5.29. The Morgan fingerprint density at radius 1 is 1.63 bits per heavy atom. The predicted molar refractivity (Wildman–Crippen MR) is 74.2 cm³/mol. The zero-order chi connectivity index (χ0) is 13.5. The van der Waals surface area contributed by atoms with Gasteiger partial charge in [-0.2, -0.15) is 0 Å². The summed E-state index contributed by atoms with van der Waals surface area (Å²) in [5.74, 6) is 6.10. The summed E-state index contributed by atoms with van der Waals surface area (Å²) in [4.78, 5) is 12.7. The quantitative estimate of drug-likeness (QED) is 0.816. The topological polar surface area (TPSA) is 58.6 Å². The molecule has 102 valence electrons. The van der Waals surface area contributed by atoms with Gasteiger partial charge < -0.3 is 15.2 Å². The van der Waals surface area contributed by atoms with Crippen LogP contribution in [0, 0.1) is 17.8 Å². The van der Waals surface area contributed by atoms with Crippen LogP contribution in [0.25, 0.3) is 0 Å². The summed E-state index contributed by atoms with van der Waals surface area (Å²) < 4.78 is 5.27. The molecule has 1 aliphatic rings. The number of carbonyl (C=O) groups is 1. The molecule has 0 bridgehead atoms. The summed E-state index contributed by atoms with van der Waals surface area (Å²) in [7, 11) is 0. The normalized spacial score (nSPS) is 17.8. The zero-order valence-electron chi connectivity index (χ0n) is 10.6. The van der Waals surface area contributed by atoms with Gasteiger partial charge in [-0.3, -0.25) is 4.79 Å². The molecule has 5 heteroatoms. The molecule has 0 radical (unpaired) electrons. The third kappa shape index (κ3) is 4.06. The highest BCUT2D eigenvalue weighted by Gasteiger charge is 2.18. The van der Waals surface area contributed by atoms with Crippen molar-refractivity contribution in [3.05, 3.63) is 21.9 Å². The van der Waals surface area contributed by atoms with Crippen LogP contribution in [0.2, 0.25) is 0 Å². The lowest BCUT2D eigenvalue weighted by molar-refractivity contribution is 0.0949. The van der Waals surface area contributed by atoms with Gasteiger partial charge in [-0.1, -0.05) is 11.8 Å². The molecule has 1 fully saturated rings. The zero-order valence-corrected chi connectivity index (χ0v) is 11.5. The molecule has 0 spiro atoms. The summed E-state index contributed by atoms with van der Waals surface area (Å²) in [6, 6.07) is 1.84. The third-order valence-electron chi connectivity index (χ3n) is 2.91. The summed E-state index contributed by atoms with van der Waals surface area (Å²) >= 11 is 1.39. The fraction of sp³-hybridized carbons (Fsp3) is 0.500. The standard InChI is InChI=1S/C14H17NO3S/c16-6-2-1-3-12-5-8-19-13(12)14(17)15-9-11-4-7-18-10-11/h5,8,11,16H,2,4,6-7,9-10H2,(H,15,17). The summed E-state index contributed by atoms with van der Waals surface area (Å²) in [6.45, 7) is 2.21. The number of ether oxygens (including phenoxy) is 1. The number of nitrogens with one attached hydrogen (secondary N) is 1. The second-order valence-electron chi connectivity index (χ2n) is 4.38. The van der Waals surface area contributed by atoms with E-state index in [-0.39, 0.29) is 12.5 Å². The van der Waals surface area contributed by atoms with Gasteiger partial charge in [-0.15, -0.1) is 11.3 Å². The van der Waals surface area contributed by atoms with Crippen LogP contribution in [-0.2, 0) is 4.74 Å². The maximum absolute atomic E-state index is 12.1. The van der Waals surface area contributed by atoms with Crippen LogP contribution in [0.1, 0.15) is 28.1 Å². The van der Waals surface area contributed by atoms with Gasteiger partial charge in [-0.25, -0.2) is 0 Å². The van der Waals surface area contributed by atoms with Gasteiger partial charge >= 0.3 is 0 Å². The number of thiophene rings is 1. The molecule has 1 atom stereocenters.